The average molecular weight is 405 g/mol. The summed E-state index contributed by atoms with van der Waals surface area (Å²) in [5, 5.41) is 7.00. The number of anilines is 2. The van der Waals surface area contributed by atoms with E-state index in [-0.39, 0.29) is 6.04 Å². The third kappa shape index (κ3) is 3.98. The molecular formula is C21H23ClF2N4. The van der Waals surface area contributed by atoms with E-state index in [9.17, 15) is 8.78 Å². The minimum absolute atomic E-state index is 0.179. The van der Waals surface area contributed by atoms with E-state index in [1.165, 1.54) is 6.42 Å². The summed E-state index contributed by atoms with van der Waals surface area (Å²) in [4.78, 5) is 4.89. The van der Waals surface area contributed by atoms with Crippen LogP contribution in [-0.4, -0.2) is 17.5 Å². The highest BCUT2D eigenvalue weighted by molar-refractivity contribution is 6.30. The molecule has 2 aromatic carbocycles. The van der Waals surface area contributed by atoms with Gasteiger partial charge in [-0.15, -0.1) is 0 Å². The average Bonchev–Trinajstić information content (AvgIpc) is 2.67. The normalized spacial score (nSPS) is 23.8. The van der Waals surface area contributed by atoms with Crippen LogP contribution in [0.15, 0.2) is 41.4 Å². The lowest BCUT2D eigenvalue weighted by molar-refractivity contribution is 0.440. The molecule has 2 aromatic rings. The molecule has 1 fully saturated rings. The molecule has 0 saturated heterocycles. The number of halogens is 3. The number of amidine groups is 1. The highest BCUT2D eigenvalue weighted by atomic mass is 35.5. The van der Waals surface area contributed by atoms with Crippen molar-refractivity contribution in [3.63, 3.8) is 0 Å². The van der Waals surface area contributed by atoms with Crippen molar-refractivity contribution in [2.45, 2.75) is 50.2 Å². The molecule has 2 aliphatic rings. The highest BCUT2D eigenvalue weighted by Crippen LogP contribution is 2.34. The lowest BCUT2D eigenvalue weighted by atomic mass is 9.93. The molecule has 1 heterocycles. The second-order valence-electron chi connectivity index (χ2n) is 7.61. The van der Waals surface area contributed by atoms with Crippen molar-refractivity contribution in [3.8, 4) is 0 Å². The predicted octanol–water partition coefficient (Wildman–Crippen LogP) is 5.08. The fraction of sp³-hybridized carbons (Fsp3) is 0.381. The van der Waals surface area contributed by atoms with Crippen molar-refractivity contribution in [2.75, 3.05) is 10.6 Å². The van der Waals surface area contributed by atoms with Crippen molar-refractivity contribution in [1.29, 1.82) is 0 Å². The molecule has 1 aliphatic carbocycles. The first kappa shape index (κ1) is 19.2. The van der Waals surface area contributed by atoms with E-state index < -0.39 is 17.3 Å². The van der Waals surface area contributed by atoms with Crippen LogP contribution in [0.1, 0.15) is 37.7 Å². The van der Waals surface area contributed by atoms with Crippen molar-refractivity contribution in [3.05, 3.63) is 58.6 Å². The number of aliphatic imine (C=N–C) groups is 1. The fourth-order valence-corrected chi connectivity index (χ4v) is 4.01. The number of hydrogen-bond donors (Lipinski definition) is 3. The first-order valence-electron chi connectivity index (χ1n) is 9.59. The van der Waals surface area contributed by atoms with Gasteiger partial charge in [0.2, 0.25) is 0 Å². The SMILES string of the molecule is NC1(Cc2ccc(Cl)cc2)Nc2cc(F)c(F)cc2NC1=NC1CCCCC1. The summed E-state index contributed by atoms with van der Waals surface area (Å²) < 4.78 is 27.5. The van der Waals surface area contributed by atoms with Crippen molar-refractivity contribution in [2.24, 2.45) is 10.7 Å². The van der Waals surface area contributed by atoms with Gasteiger partial charge >= 0.3 is 0 Å². The second kappa shape index (κ2) is 7.68. The predicted molar refractivity (Wildman–Crippen MR) is 110 cm³/mol. The number of nitrogens with one attached hydrogen (secondary N) is 2. The Balaban J connectivity index is 1.71. The molecular weight excluding hydrogens is 382 g/mol. The van der Waals surface area contributed by atoms with Crippen LogP contribution in [0.2, 0.25) is 5.02 Å². The van der Waals surface area contributed by atoms with Gasteiger partial charge in [0, 0.05) is 23.6 Å². The Morgan fingerprint density at radius 3 is 2.36 bits per heavy atom. The maximum absolute atomic E-state index is 13.8. The standard InChI is InChI=1S/C21H23ClF2N4/c22-14-8-6-13(7-9-14)12-21(25)20(26-15-4-2-1-3-5-15)27-18-10-16(23)17(24)11-19(18)28-21/h6-11,15,28H,1-5,12,25H2,(H,26,27). The van der Waals surface area contributed by atoms with Crippen LogP contribution >= 0.6 is 11.6 Å². The van der Waals surface area contributed by atoms with Crippen LogP contribution in [0.5, 0.6) is 0 Å². The Bertz CT molecular complexity index is 894. The van der Waals surface area contributed by atoms with Gasteiger partial charge in [0.25, 0.3) is 0 Å². The summed E-state index contributed by atoms with van der Waals surface area (Å²) in [6.07, 6.45) is 5.93. The molecule has 1 aliphatic heterocycles. The Kier molecular flexibility index (Phi) is 5.25. The zero-order chi connectivity index (χ0) is 19.7. The maximum Gasteiger partial charge on any atom is 0.161 e. The summed E-state index contributed by atoms with van der Waals surface area (Å²) in [5.74, 6) is -1.28. The van der Waals surface area contributed by atoms with Gasteiger partial charge in [-0.2, -0.15) is 0 Å². The topological polar surface area (TPSA) is 62.4 Å². The lowest BCUT2D eigenvalue weighted by Gasteiger charge is -2.39. The van der Waals surface area contributed by atoms with Gasteiger partial charge in [-0.05, 0) is 30.5 Å². The van der Waals surface area contributed by atoms with E-state index in [1.54, 1.807) is 12.1 Å². The van der Waals surface area contributed by atoms with Crippen molar-refractivity contribution < 1.29 is 8.78 Å². The quantitative estimate of drug-likeness (QED) is 0.668. The first-order chi connectivity index (χ1) is 13.4. The molecule has 0 bridgehead atoms. The molecule has 148 valence electrons. The number of fused-ring (bicyclic) bond motifs is 1. The smallest absolute Gasteiger partial charge is 0.161 e. The van der Waals surface area contributed by atoms with E-state index in [2.05, 4.69) is 10.6 Å². The molecule has 0 aromatic heterocycles. The monoisotopic (exact) mass is 404 g/mol. The summed E-state index contributed by atoms with van der Waals surface area (Å²) in [7, 11) is 0. The maximum atomic E-state index is 13.8. The van der Waals surface area contributed by atoms with E-state index in [0.717, 1.165) is 43.4 Å². The van der Waals surface area contributed by atoms with E-state index in [1.807, 2.05) is 12.1 Å². The minimum Gasteiger partial charge on any atom is -0.359 e. The molecule has 0 amide bonds. The molecule has 0 spiro atoms. The van der Waals surface area contributed by atoms with Crippen molar-refractivity contribution >= 4 is 28.8 Å². The molecule has 7 heteroatoms. The summed E-state index contributed by atoms with van der Waals surface area (Å²) in [5.41, 5.74) is 7.49. The summed E-state index contributed by atoms with van der Waals surface area (Å²) >= 11 is 5.99. The number of rotatable bonds is 3. The minimum atomic E-state index is -1.07. The Morgan fingerprint density at radius 2 is 1.68 bits per heavy atom. The van der Waals surface area contributed by atoms with Crippen LogP contribution < -0.4 is 16.4 Å². The van der Waals surface area contributed by atoms with Gasteiger partial charge in [-0.25, -0.2) is 8.78 Å². The third-order valence-electron chi connectivity index (χ3n) is 5.38. The number of benzene rings is 2. The van der Waals surface area contributed by atoms with Gasteiger partial charge in [0.15, 0.2) is 11.6 Å². The lowest BCUT2D eigenvalue weighted by Crippen LogP contribution is -2.61. The number of nitrogens with zero attached hydrogens (tertiary/aromatic N) is 1. The number of nitrogens with two attached hydrogens (primary N) is 1. The molecule has 4 rings (SSSR count). The van der Waals surface area contributed by atoms with Crippen molar-refractivity contribution in [1.82, 2.24) is 0 Å². The van der Waals surface area contributed by atoms with Crippen LogP contribution in [-0.2, 0) is 6.42 Å². The zero-order valence-corrected chi connectivity index (χ0v) is 16.2. The van der Waals surface area contributed by atoms with Gasteiger partial charge in [-0.1, -0.05) is 43.0 Å². The van der Waals surface area contributed by atoms with Gasteiger partial charge in [0.1, 0.15) is 11.5 Å². The highest BCUT2D eigenvalue weighted by Gasteiger charge is 2.38. The molecule has 4 N–H and O–H groups in total. The molecule has 28 heavy (non-hydrogen) atoms. The van der Waals surface area contributed by atoms with Gasteiger partial charge < -0.3 is 16.4 Å². The Morgan fingerprint density at radius 1 is 1.04 bits per heavy atom. The second-order valence-corrected chi connectivity index (χ2v) is 8.04. The molecule has 0 radical (unpaired) electrons. The van der Waals surface area contributed by atoms with Crippen LogP contribution in [0, 0.1) is 11.6 Å². The fourth-order valence-electron chi connectivity index (χ4n) is 3.88. The molecule has 4 nitrogen and oxygen atoms in total. The van der Waals surface area contributed by atoms with E-state index >= 15 is 0 Å². The molecule has 1 unspecified atom stereocenters. The molecule has 1 saturated carbocycles. The Hall–Kier alpha value is -2.18. The van der Waals surface area contributed by atoms with Crippen LogP contribution in [0.4, 0.5) is 20.2 Å². The zero-order valence-electron chi connectivity index (χ0n) is 15.4. The largest absolute Gasteiger partial charge is 0.359 e. The third-order valence-corrected chi connectivity index (χ3v) is 5.63. The van der Waals surface area contributed by atoms with Gasteiger partial charge in [0.05, 0.1) is 17.4 Å². The number of hydrogen-bond acceptors (Lipinski definition) is 3. The Labute approximate surface area is 168 Å². The summed E-state index contributed by atoms with van der Waals surface area (Å²) in [6.45, 7) is 0. The first-order valence-corrected chi connectivity index (χ1v) is 9.97. The summed E-state index contributed by atoms with van der Waals surface area (Å²) in [6, 6.07) is 9.84. The van der Waals surface area contributed by atoms with Gasteiger partial charge in [-0.3, -0.25) is 4.99 Å². The van der Waals surface area contributed by atoms with Crippen LogP contribution in [0.25, 0.3) is 0 Å². The van der Waals surface area contributed by atoms with E-state index in [0.29, 0.717) is 28.7 Å². The van der Waals surface area contributed by atoms with Crippen LogP contribution in [0.3, 0.4) is 0 Å². The molecule has 1 atom stereocenters. The van der Waals surface area contributed by atoms with E-state index in [4.69, 9.17) is 22.3 Å².